The summed E-state index contributed by atoms with van der Waals surface area (Å²) in [6.07, 6.45) is 1.71. The Hall–Kier alpha value is -0.650. The summed E-state index contributed by atoms with van der Waals surface area (Å²) >= 11 is 5.63. The summed E-state index contributed by atoms with van der Waals surface area (Å²) in [5.74, 6) is -0.358. The van der Waals surface area contributed by atoms with Gasteiger partial charge in [-0.2, -0.15) is 4.31 Å². The molecule has 0 aromatic heterocycles. The molecule has 0 amide bonds. The van der Waals surface area contributed by atoms with Crippen LogP contribution in [0.4, 0.5) is 4.39 Å². The molecular weight excluding hydrogens is 301 g/mol. The van der Waals surface area contributed by atoms with Gasteiger partial charge in [0.15, 0.2) is 0 Å². The quantitative estimate of drug-likeness (QED) is 0.754. The van der Waals surface area contributed by atoms with E-state index in [9.17, 15) is 12.8 Å². The molecule has 0 radical (unpaired) electrons. The van der Waals surface area contributed by atoms with Gasteiger partial charge in [-0.15, -0.1) is 11.6 Å². The fourth-order valence-electron chi connectivity index (χ4n) is 2.13. The van der Waals surface area contributed by atoms with Crippen LogP contribution in [0.2, 0.25) is 0 Å². The molecule has 1 aliphatic carbocycles. The van der Waals surface area contributed by atoms with E-state index in [4.69, 9.17) is 11.6 Å². The fourth-order valence-corrected chi connectivity index (χ4v) is 4.19. The van der Waals surface area contributed by atoms with Gasteiger partial charge in [0.1, 0.15) is 10.7 Å². The van der Waals surface area contributed by atoms with Gasteiger partial charge in [0.2, 0.25) is 10.0 Å². The van der Waals surface area contributed by atoms with E-state index < -0.39 is 15.8 Å². The third-order valence-corrected chi connectivity index (χ3v) is 5.50. The van der Waals surface area contributed by atoms with Crippen LogP contribution in [0, 0.1) is 11.7 Å². The molecule has 2 rings (SSSR count). The van der Waals surface area contributed by atoms with Gasteiger partial charge in [0.05, 0.1) is 0 Å². The van der Waals surface area contributed by atoms with Gasteiger partial charge in [0.25, 0.3) is 0 Å². The van der Waals surface area contributed by atoms with Crippen molar-refractivity contribution in [3.8, 4) is 0 Å². The summed E-state index contributed by atoms with van der Waals surface area (Å²) in [7, 11) is -3.77. The lowest BCUT2D eigenvalue weighted by Gasteiger charge is -2.24. The number of sulfonamides is 1. The van der Waals surface area contributed by atoms with Gasteiger partial charge < -0.3 is 0 Å². The zero-order valence-corrected chi connectivity index (χ0v) is 13.2. The molecule has 0 atom stereocenters. The Labute approximate surface area is 124 Å². The average Bonchev–Trinajstić information content (AvgIpc) is 3.19. The number of halogens is 2. The summed E-state index contributed by atoms with van der Waals surface area (Å²) in [5.41, 5.74) is 0.574. The monoisotopic (exact) mass is 319 g/mol. The van der Waals surface area contributed by atoms with E-state index in [0.29, 0.717) is 12.1 Å². The molecule has 20 heavy (non-hydrogen) atoms. The van der Waals surface area contributed by atoms with Crippen LogP contribution in [-0.2, 0) is 15.9 Å². The Balaban J connectivity index is 2.37. The van der Waals surface area contributed by atoms with E-state index in [-0.39, 0.29) is 22.7 Å². The molecule has 0 aliphatic heterocycles. The molecule has 0 bridgehead atoms. The fraction of sp³-hybridized carbons (Fsp3) is 0.571. The van der Waals surface area contributed by atoms with E-state index in [2.05, 4.69) is 0 Å². The maximum atomic E-state index is 14.0. The molecule has 0 saturated heterocycles. The lowest BCUT2D eigenvalue weighted by Crippen LogP contribution is -2.36. The van der Waals surface area contributed by atoms with E-state index in [1.807, 2.05) is 13.8 Å². The van der Waals surface area contributed by atoms with Crippen molar-refractivity contribution in [3.63, 3.8) is 0 Å². The molecule has 0 unspecified atom stereocenters. The van der Waals surface area contributed by atoms with Crippen LogP contribution >= 0.6 is 11.6 Å². The van der Waals surface area contributed by atoms with Gasteiger partial charge in [-0.25, -0.2) is 12.8 Å². The van der Waals surface area contributed by atoms with Crippen LogP contribution in [0.1, 0.15) is 32.3 Å². The van der Waals surface area contributed by atoms with E-state index in [1.165, 1.54) is 16.4 Å². The smallest absolute Gasteiger partial charge is 0.207 e. The molecule has 1 saturated carbocycles. The topological polar surface area (TPSA) is 37.4 Å². The highest BCUT2D eigenvalue weighted by Crippen LogP contribution is 2.33. The number of rotatable bonds is 6. The predicted molar refractivity (Wildman–Crippen MR) is 77.7 cm³/mol. The lowest BCUT2D eigenvalue weighted by atomic mass is 10.2. The lowest BCUT2D eigenvalue weighted by molar-refractivity contribution is 0.358. The number of hydrogen-bond acceptors (Lipinski definition) is 2. The molecule has 0 spiro atoms. The molecule has 6 heteroatoms. The molecule has 112 valence electrons. The van der Waals surface area contributed by atoms with Crippen LogP contribution in [0.5, 0.6) is 0 Å². The van der Waals surface area contributed by atoms with Crippen molar-refractivity contribution in [1.29, 1.82) is 0 Å². The SMILES string of the molecule is CC(C)CN(C1CC1)S(=O)(=O)c1ccc(CCl)cc1F. The van der Waals surface area contributed by atoms with Crippen molar-refractivity contribution >= 4 is 21.6 Å². The van der Waals surface area contributed by atoms with Gasteiger partial charge in [-0.1, -0.05) is 19.9 Å². The maximum absolute atomic E-state index is 14.0. The van der Waals surface area contributed by atoms with Crippen molar-refractivity contribution in [2.75, 3.05) is 6.54 Å². The first-order valence-corrected chi connectivity index (χ1v) is 8.70. The number of alkyl halides is 1. The van der Waals surface area contributed by atoms with Crippen LogP contribution in [-0.4, -0.2) is 25.3 Å². The average molecular weight is 320 g/mol. The van der Waals surface area contributed by atoms with E-state index in [1.54, 1.807) is 6.07 Å². The normalized spacial score (nSPS) is 16.1. The summed E-state index contributed by atoms with van der Waals surface area (Å²) in [6.45, 7) is 4.33. The largest absolute Gasteiger partial charge is 0.246 e. The van der Waals surface area contributed by atoms with Gasteiger partial charge >= 0.3 is 0 Å². The Morgan fingerprint density at radius 2 is 2.05 bits per heavy atom. The molecular formula is C14H19ClFNO2S. The first-order valence-electron chi connectivity index (χ1n) is 6.72. The van der Waals surface area contributed by atoms with Crippen molar-refractivity contribution in [2.24, 2.45) is 5.92 Å². The van der Waals surface area contributed by atoms with Gasteiger partial charge in [-0.05, 0) is 36.5 Å². The zero-order valence-electron chi connectivity index (χ0n) is 11.6. The van der Waals surface area contributed by atoms with Gasteiger partial charge in [0, 0.05) is 18.5 Å². The molecule has 3 nitrogen and oxygen atoms in total. The minimum Gasteiger partial charge on any atom is -0.207 e. The summed E-state index contributed by atoms with van der Waals surface area (Å²) in [6, 6.07) is 4.09. The van der Waals surface area contributed by atoms with Crippen molar-refractivity contribution in [1.82, 2.24) is 4.31 Å². The molecule has 1 aromatic carbocycles. The van der Waals surface area contributed by atoms with Crippen LogP contribution in [0.25, 0.3) is 0 Å². The zero-order chi connectivity index (χ0) is 14.9. The minimum absolute atomic E-state index is 0.0227. The third kappa shape index (κ3) is 3.32. The molecule has 1 aromatic rings. The number of nitrogens with zero attached hydrogens (tertiary/aromatic N) is 1. The standard InChI is InChI=1S/C14H19ClFNO2S/c1-10(2)9-17(12-4-5-12)20(18,19)14-6-3-11(8-15)7-13(14)16/h3,6-7,10,12H,4-5,8-9H2,1-2H3. The molecule has 0 heterocycles. The number of hydrogen-bond donors (Lipinski definition) is 0. The maximum Gasteiger partial charge on any atom is 0.246 e. The second-order valence-electron chi connectivity index (χ2n) is 5.60. The van der Waals surface area contributed by atoms with Crippen LogP contribution < -0.4 is 0 Å². The van der Waals surface area contributed by atoms with E-state index >= 15 is 0 Å². The highest BCUT2D eigenvalue weighted by molar-refractivity contribution is 7.89. The second kappa shape index (κ2) is 6.00. The Morgan fingerprint density at radius 3 is 2.50 bits per heavy atom. The second-order valence-corrected chi connectivity index (χ2v) is 7.72. The molecule has 1 aliphatic rings. The van der Waals surface area contributed by atoms with Gasteiger partial charge in [-0.3, -0.25) is 0 Å². The highest BCUT2D eigenvalue weighted by atomic mass is 35.5. The summed E-state index contributed by atoms with van der Waals surface area (Å²) < 4.78 is 40.7. The molecule has 0 N–H and O–H groups in total. The first kappa shape index (κ1) is 15.7. The van der Waals surface area contributed by atoms with Crippen LogP contribution in [0.3, 0.4) is 0 Å². The Bertz CT molecular complexity index is 585. The van der Waals surface area contributed by atoms with Crippen molar-refractivity contribution in [2.45, 2.75) is 43.5 Å². The Kier molecular flexibility index (Phi) is 4.72. The highest BCUT2D eigenvalue weighted by Gasteiger charge is 2.39. The summed E-state index contributed by atoms with van der Waals surface area (Å²) in [5, 5.41) is 0. The minimum atomic E-state index is -3.77. The first-order chi connectivity index (χ1) is 9.36. The van der Waals surface area contributed by atoms with Crippen molar-refractivity contribution < 1.29 is 12.8 Å². The van der Waals surface area contributed by atoms with Crippen molar-refractivity contribution in [3.05, 3.63) is 29.6 Å². The van der Waals surface area contributed by atoms with E-state index in [0.717, 1.165) is 12.8 Å². The van der Waals surface area contributed by atoms with Crippen LogP contribution in [0.15, 0.2) is 23.1 Å². The third-order valence-electron chi connectivity index (χ3n) is 3.24. The predicted octanol–water partition coefficient (Wildman–Crippen LogP) is 3.37. The number of benzene rings is 1. The Morgan fingerprint density at radius 1 is 1.40 bits per heavy atom. The summed E-state index contributed by atoms with van der Waals surface area (Å²) in [4.78, 5) is -0.251. The molecule has 1 fully saturated rings.